The number of amides is 1. The minimum absolute atomic E-state index is 0.0233. The number of benzene rings is 2. The molecule has 0 aliphatic heterocycles. The van der Waals surface area contributed by atoms with Gasteiger partial charge in [0, 0.05) is 5.69 Å². The van der Waals surface area contributed by atoms with Gasteiger partial charge < -0.3 is 5.32 Å². The van der Waals surface area contributed by atoms with Gasteiger partial charge in [0.15, 0.2) is 0 Å². The van der Waals surface area contributed by atoms with E-state index in [1.807, 2.05) is 54.6 Å². The molecule has 0 aliphatic carbocycles. The van der Waals surface area contributed by atoms with Crippen LogP contribution in [0.25, 0.3) is 0 Å². The number of halogens is 2. The van der Waals surface area contributed by atoms with Crippen LogP contribution in [0.2, 0.25) is 0 Å². The maximum atomic E-state index is 11.5. The standard InChI is InChI=1S/C14H11I2N3O/c15-13(16)14(20)17-10-6-8-12(9-7-10)19-18-11-4-2-1-3-5-11/h1-9,13H,(H,17,20)/b19-18+. The van der Waals surface area contributed by atoms with Crippen LogP contribution in [0, 0.1) is 0 Å². The van der Waals surface area contributed by atoms with Gasteiger partial charge in [0.05, 0.1) is 11.4 Å². The number of carbonyl (C=O) groups is 1. The Morgan fingerprint density at radius 2 is 1.45 bits per heavy atom. The van der Waals surface area contributed by atoms with Gasteiger partial charge in [0.1, 0.15) is 1.93 Å². The van der Waals surface area contributed by atoms with Crippen molar-refractivity contribution in [2.24, 2.45) is 10.2 Å². The van der Waals surface area contributed by atoms with Crippen molar-refractivity contribution >= 4 is 68.2 Å². The smallest absolute Gasteiger partial charge is 0.247 e. The molecule has 0 radical (unpaired) electrons. The molecule has 0 unspecified atom stereocenters. The van der Waals surface area contributed by atoms with Crippen molar-refractivity contribution in [1.29, 1.82) is 0 Å². The molecule has 2 aromatic carbocycles. The van der Waals surface area contributed by atoms with Crippen LogP contribution in [0.1, 0.15) is 0 Å². The summed E-state index contributed by atoms with van der Waals surface area (Å²) in [5, 5.41) is 11.1. The Morgan fingerprint density at radius 1 is 0.900 bits per heavy atom. The monoisotopic (exact) mass is 491 g/mol. The molecule has 6 heteroatoms. The van der Waals surface area contributed by atoms with E-state index in [0.29, 0.717) is 0 Å². The Balaban J connectivity index is 2.02. The Hall–Kier alpha value is -1.03. The third-order valence-corrected chi connectivity index (χ3v) is 3.50. The largest absolute Gasteiger partial charge is 0.324 e. The Kier molecular flexibility index (Phi) is 5.89. The van der Waals surface area contributed by atoms with Crippen LogP contribution in [-0.2, 0) is 4.79 Å². The molecule has 102 valence electrons. The van der Waals surface area contributed by atoms with Crippen LogP contribution < -0.4 is 5.32 Å². The fourth-order valence-corrected chi connectivity index (χ4v) is 1.73. The molecule has 0 bridgehead atoms. The summed E-state index contributed by atoms with van der Waals surface area (Å²) in [6.45, 7) is 0. The van der Waals surface area contributed by atoms with Gasteiger partial charge in [-0.05, 0) is 36.4 Å². The van der Waals surface area contributed by atoms with E-state index in [9.17, 15) is 4.79 Å². The van der Waals surface area contributed by atoms with Gasteiger partial charge in [-0.25, -0.2) is 0 Å². The second kappa shape index (κ2) is 7.67. The van der Waals surface area contributed by atoms with Crippen molar-refractivity contribution in [1.82, 2.24) is 0 Å². The minimum atomic E-state index is -0.0948. The van der Waals surface area contributed by atoms with E-state index in [-0.39, 0.29) is 7.84 Å². The fraction of sp³-hybridized carbons (Fsp3) is 0.0714. The average molecular weight is 491 g/mol. The number of hydrogen-bond acceptors (Lipinski definition) is 3. The molecule has 20 heavy (non-hydrogen) atoms. The lowest BCUT2D eigenvalue weighted by molar-refractivity contribution is -0.113. The SMILES string of the molecule is O=C(Nc1ccc(/N=N/c2ccccc2)cc1)C(I)I. The summed E-state index contributed by atoms with van der Waals surface area (Å²) in [7, 11) is 0. The lowest BCUT2D eigenvalue weighted by Gasteiger charge is -2.05. The first kappa shape index (κ1) is 15.4. The maximum absolute atomic E-state index is 11.5. The van der Waals surface area contributed by atoms with Crippen LogP contribution >= 0.6 is 45.2 Å². The molecule has 0 atom stereocenters. The Labute approximate surface area is 144 Å². The van der Waals surface area contributed by atoms with Gasteiger partial charge in [0.25, 0.3) is 0 Å². The van der Waals surface area contributed by atoms with Gasteiger partial charge in [-0.2, -0.15) is 10.2 Å². The molecule has 0 saturated heterocycles. The Morgan fingerprint density at radius 3 is 2.00 bits per heavy atom. The molecular formula is C14H11I2N3O. The van der Waals surface area contributed by atoms with Gasteiger partial charge in [-0.3, -0.25) is 4.79 Å². The third-order valence-electron chi connectivity index (χ3n) is 2.37. The molecule has 0 aromatic heterocycles. The first-order valence-electron chi connectivity index (χ1n) is 5.81. The molecule has 0 aliphatic rings. The summed E-state index contributed by atoms with van der Waals surface area (Å²) < 4.78 is -0.0948. The van der Waals surface area contributed by atoms with E-state index in [2.05, 4.69) is 60.7 Å². The number of carbonyl (C=O) groups excluding carboxylic acids is 1. The highest BCUT2D eigenvalue weighted by molar-refractivity contribution is 14.2. The second-order valence-corrected chi connectivity index (χ2v) is 8.75. The van der Waals surface area contributed by atoms with Crippen LogP contribution in [-0.4, -0.2) is 7.84 Å². The molecule has 0 heterocycles. The van der Waals surface area contributed by atoms with E-state index in [1.165, 1.54) is 0 Å². The molecule has 4 nitrogen and oxygen atoms in total. The summed E-state index contributed by atoms with van der Waals surface area (Å²) in [6.07, 6.45) is 0. The summed E-state index contributed by atoms with van der Waals surface area (Å²) in [4.78, 5) is 11.5. The van der Waals surface area contributed by atoms with Crippen LogP contribution in [0.5, 0.6) is 0 Å². The lowest BCUT2D eigenvalue weighted by atomic mass is 10.3. The van der Waals surface area contributed by atoms with Crippen molar-refractivity contribution in [2.75, 3.05) is 5.32 Å². The number of alkyl halides is 2. The van der Waals surface area contributed by atoms with Gasteiger partial charge >= 0.3 is 0 Å². The maximum Gasteiger partial charge on any atom is 0.247 e. The zero-order valence-electron chi connectivity index (χ0n) is 10.3. The van der Waals surface area contributed by atoms with Crippen LogP contribution in [0.15, 0.2) is 64.8 Å². The number of anilines is 1. The quantitative estimate of drug-likeness (QED) is 0.356. The van der Waals surface area contributed by atoms with Gasteiger partial charge in [-0.1, -0.05) is 63.4 Å². The van der Waals surface area contributed by atoms with Crippen molar-refractivity contribution in [3.63, 3.8) is 0 Å². The number of azo groups is 1. The number of rotatable bonds is 4. The molecule has 0 fully saturated rings. The highest BCUT2D eigenvalue weighted by Gasteiger charge is 2.09. The predicted molar refractivity (Wildman–Crippen MR) is 97.5 cm³/mol. The Bertz CT molecular complexity index is 598. The van der Waals surface area contributed by atoms with Crippen LogP contribution in [0.4, 0.5) is 17.1 Å². The second-order valence-electron chi connectivity index (χ2n) is 3.87. The summed E-state index contributed by atoms with van der Waals surface area (Å²) >= 11 is 4.13. The summed E-state index contributed by atoms with van der Waals surface area (Å²) in [5.74, 6) is -0.0233. The van der Waals surface area contributed by atoms with Crippen molar-refractivity contribution < 1.29 is 4.79 Å². The number of hydrogen-bond donors (Lipinski definition) is 1. The van der Waals surface area contributed by atoms with E-state index >= 15 is 0 Å². The van der Waals surface area contributed by atoms with E-state index < -0.39 is 0 Å². The van der Waals surface area contributed by atoms with E-state index in [1.54, 1.807) is 0 Å². The number of nitrogens with one attached hydrogen (secondary N) is 1. The topological polar surface area (TPSA) is 53.8 Å². The van der Waals surface area contributed by atoms with Crippen LogP contribution in [0.3, 0.4) is 0 Å². The zero-order valence-corrected chi connectivity index (χ0v) is 14.6. The van der Waals surface area contributed by atoms with Gasteiger partial charge in [-0.15, -0.1) is 0 Å². The molecule has 2 rings (SSSR count). The first-order chi connectivity index (χ1) is 9.65. The predicted octanol–water partition coefficient (Wildman–Crippen LogP) is 5.24. The van der Waals surface area contributed by atoms with Crippen molar-refractivity contribution in [3.05, 3.63) is 54.6 Å². The highest BCUT2D eigenvalue weighted by atomic mass is 127. The zero-order chi connectivity index (χ0) is 14.4. The molecule has 1 N–H and O–H groups in total. The third kappa shape index (κ3) is 4.82. The van der Waals surface area contributed by atoms with E-state index in [0.717, 1.165) is 17.1 Å². The summed E-state index contributed by atoms with van der Waals surface area (Å²) in [6, 6.07) is 16.8. The molecule has 0 spiro atoms. The first-order valence-corrected chi connectivity index (χ1v) is 8.30. The highest BCUT2D eigenvalue weighted by Crippen LogP contribution is 2.21. The van der Waals surface area contributed by atoms with Crippen molar-refractivity contribution in [2.45, 2.75) is 1.93 Å². The lowest BCUT2D eigenvalue weighted by Crippen LogP contribution is -2.17. The minimum Gasteiger partial charge on any atom is -0.324 e. The van der Waals surface area contributed by atoms with Crippen molar-refractivity contribution in [3.8, 4) is 0 Å². The molecular weight excluding hydrogens is 480 g/mol. The summed E-state index contributed by atoms with van der Waals surface area (Å²) in [5.41, 5.74) is 2.31. The average Bonchev–Trinajstić information content (AvgIpc) is 2.47. The van der Waals surface area contributed by atoms with Gasteiger partial charge in [0.2, 0.25) is 5.91 Å². The molecule has 1 amide bonds. The molecule has 0 saturated carbocycles. The molecule has 2 aromatic rings. The number of nitrogens with zero attached hydrogens (tertiary/aromatic N) is 2. The fourth-order valence-electron chi connectivity index (χ4n) is 1.42. The van der Waals surface area contributed by atoms with E-state index in [4.69, 9.17) is 0 Å². The normalized spacial score (nSPS) is 10.9.